The summed E-state index contributed by atoms with van der Waals surface area (Å²) in [5, 5.41) is 16.6. The van der Waals surface area contributed by atoms with Crippen LogP contribution in [-0.2, 0) is 38.1 Å². The number of aliphatic hydroxyl groups excluding tert-OH is 2. The van der Waals surface area contributed by atoms with Gasteiger partial charge in [0.25, 0.3) is 0 Å². The van der Waals surface area contributed by atoms with E-state index in [0.717, 1.165) is 0 Å². The maximum Gasteiger partial charge on any atom is 0.344 e. The van der Waals surface area contributed by atoms with E-state index in [-0.39, 0.29) is 13.2 Å². The van der Waals surface area contributed by atoms with Gasteiger partial charge in [0.05, 0.1) is 0 Å². The summed E-state index contributed by atoms with van der Waals surface area (Å²) in [6.45, 7) is -3.60. The van der Waals surface area contributed by atoms with E-state index in [1.807, 2.05) is 0 Å². The number of carbonyl (C=O) groups is 4. The molecule has 10 nitrogen and oxygen atoms in total. The average Bonchev–Trinajstić information content (AvgIpc) is 2.46. The summed E-state index contributed by atoms with van der Waals surface area (Å²) in [7, 11) is 0. The molecule has 0 aliphatic rings. The second kappa shape index (κ2) is 10.7. The van der Waals surface area contributed by atoms with E-state index in [4.69, 9.17) is 10.2 Å². The molecule has 0 unspecified atom stereocenters. The molecule has 0 aliphatic carbocycles. The summed E-state index contributed by atoms with van der Waals surface area (Å²) in [5.41, 5.74) is 0. The van der Waals surface area contributed by atoms with Crippen molar-refractivity contribution in [3.63, 3.8) is 0 Å². The molecule has 0 bridgehead atoms. The summed E-state index contributed by atoms with van der Waals surface area (Å²) in [5.74, 6) is -3.71. The third kappa shape index (κ3) is 9.79. The van der Waals surface area contributed by atoms with E-state index in [2.05, 4.69) is 18.9 Å². The molecular formula is C10H14O10. The van der Waals surface area contributed by atoms with Crippen LogP contribution < -0.4 is 0 Å². The molecule has 114 valence electrons. The lowest BCUT2D eigenvalue weighted by Crippen LogP contribution is -2.22. The molecule has 0 amide bonds. The first-order valence-electron chi connectivity index (χ1n) is 5.33. The first-order valence-corrected chi connectivity index (χ1v) is 5.33. The molecule has 0 atom stereocenters. The van der Waals surface area contributed by atoms with Crippen LogP contribution in [0.5, 0.6) is 0 Å². The summed E-state index contributed by atoms with van der Waals surface area (Å²) in [6, 6.07) is 0. The zero-order valence-electron chi connectivity index (χ0n) is 10.4. The molecule has 0 radical (unpaired) electrons. The van der Waals surface area contributed by atoms with Crippen LogP contribution >= 0.6 is 0 Å². The number of hydrogen-bond donors (Lipinski definition) is 2. The van der Waals surface area contributed by atoms with Gasteiger partial charge in [-0.1, -0.05) is 0 Å². The van der Waals surface area contributed by atoms with Crippen molar-refractivity contribution in [2.24, 2.45) is 0 Å². The standard InChI is InChI=1S/C10H14O10/c11-3-7(13)19-5-9(15)17-1-2-18-10(16)6-20-8(14)4-12/h11-12H,1-6H2. The fourth-order valence-corrected chi connectivity index (χ4v) is 0.764. The highest BCUT2D eigenvalue weighted by Crippen LogP contribution is 1.87. The fourth-order valence-electron chi connectivity index (χ4n) is 0.764. The Bertz CT molecular complexity index is 316. The lowest BCUT2D eigenvalue weighted by Gasteiger charge is -2.07. The van der Waals surface area contributed by atoms with Crippen molar-refractivity contribution in [2.45, 2.75) is 0 Å². The lowest BCUT2D eigenvalue weighted by molar-refractivity contribution is -0.165. The number of ether oxygens (including phenoxy) is 4. The third-order valence-electron chi connectivity index (χ3n) is 1.57. The van der Waals surface area contributed by atoms with Crippen LogP contribution in [0.1, 0.15) is 0 Å². The van der Waals surface area contributed by atoms with Crippen molar-refractivity contribution in [1.29, 1.82) is 0 Å². The van der Waals surface area contributed by atoms with Gasteiger partial charge in [0, 0.05) is 0 Å². The minimum atomic E-state index is -0.973. The topological polar surface area (TPSA) is 146 Å². The van der Waals surface area contributed by atoms with Crippen molar-refractivity contribution < 1.29 is 48.3 Å². The summed E-state index contributed by atoms with van der Waals surface area (Å²) < 4.78 is 17.5. The van der Waals surface area contributed by atoms with E-state index in [0.29, 0.717) is 0 Å². The predicted octanol–water partition coefficient (Wildman–Crippen LogP) is -2.86. The van der Waals surface area contributed by atoms with Gasteiger partial charge in [0.1, 0.15) is 26.4 Å². The third-order valence-corrected chi connectivity index (χ3v) is 1.57. The van der Waals surface area contributed by atoms with Gasteiger partial charge in [-0.15, -0.1) is 0 Å². The Kier molecular flexibility index (Phi) is 9.52. The first-order chi connectivity index (χ1) is 9.49. The van der Waals surface area contributed by atoms with E-state index in [1.165, 1.54) is 0 Å². The molecule has 0 rings (SSSR count). The molecule has 0 aromatic carbocycles. The van der Waals surface area contributed by atoms with Crippen molar-refractivity contribution in [2.75, 3.05) is 39.6 Å². The highest BCUT2D eigenvalue weighted by Gasteiger charge is 2.09. The monoisotopic (exact) mass is 294 g/mol. The molecule has 0 spiro atoms. The maximum atomic E-state index is 10.9. The normalized spacial score (nSPS) is 9.50. The number of aliphatic hydroxyl groups is 2. The summed E-state index contributed by atoms with van der Waals surface area (Å²) in [6.07, 6.45) is 0. The largest absolute Gasteiger partial charge is 0.460 e. The molecule has 0 aliphatic heterocycles. The van der Waals surface area contributed by atoms with Gasteiger partial charge in [-0.3, -0.25) is 0 Å². The Labute approximate surface area is 113 Å². The van der Waals surface area contributed by atoms with E-state index >= 15 is 0 Å². The number of carbonyl (C=O) groups excluding carboxylic acids is 4. The number of rotatable bonds is 9. The quantitative estimate of drug-likeness (QED) is 0.258. The lowest BCUT2D eigenvalue weighted by atomic mass is 10.6. The maximum absolute atomic E-state index is 10.9. The Morgan fingerprint density at radius 3 is 1.25 bits per heavy atom. The van der Waals surface area contributed by atoms with E-state index in [9.17, 15) is 19.2 Å². The van der Waals surface area contributed by atoms with Crippen LogP contribution in [0.2, 0.25) is 0 Å². The van der Waals surface area contributed by atoms with Gasteiger partial charge in [-0.05, 0) is 0 Å². The molecule has 0 fully saturated rings. The highest BCUT2D eigenvalue weighted by molar-refractivity contribution is 5.77. The second-order valence-electron chi connectivity index (χ2n) is 3.08. The van der Waals surface area contributed by atoms with Gasteiger partial charge in [-0.2, -0.15) is 0 Å². The molecular weight excluding hydrogens is 280 g/mol. The van der Waals surface area contributed by atoms with Gasteiger partial charge < -0.3 is 29.2 Å². The SMILES string of the molecule is O=C(CO)OCC(=O)OCCOC(=O)COC(=O)CO. The Hall–Kier alpha value is -2.20. The fraction of sp³-hybridized carbons (Fsp3) is 0.600. The molecule has 2 N–H and O–H groups in total. The molecule has 0 saturated carbocycles. The summed E-state index contributed by atoms with van der Waals surface area (Å²) in [4.78, 5) is 42.8. The molecule has 0 aromatic heterocycles. The van der Waals surface area contributed by atoms with Gasteiger partial charge >= 0.3 is 23.9 Å². The molecule has 20 heavy (non-hydrogen) atoms. The average molecular weight is 294 g/mol. The molecule has 0 heterocycles. The highest BCUT2D eigenvalue weighted by atomic mass is 16.6. The zero-order valence-corrected chi connectivity index (χ0v) is 10.4. The number of hydrogen-bond acceptors (Lipinski definition) is 10. The van der Waals surface area contributed by atoms with Crippen LogP contribution in [0.15, 0.2) is 0 Å². The van der Waals surface area contributed by atoms with E-state index < -0.39 is 50.3 Å². The Morgan fingerprint density at radius 1 is 0.600 bits per heavy atom. The van der Waals surface area contributed by atoms with Gasteiger partial charge in [0.2, 0.25) is 0 Å². The molecule has 10 heteroatoms. The van der Waals surface area contributed by atoms with Crippen molar-refractivity contribution in [1.82, 2.24) is 0 Å². The Balaban J connectivity index is 3.55. The predicted molar refractivity (Wildman–Crippen MR) is 58.0 cm³/mol. The summed E-state index contributed by atoms with van der Waals surface area (Å²) >= 11 is 0. The zero-order chi connectivity index (χ0) is 15.4. The minimum absolute atomic E-state index is 0.283. The van der Waals surface area contributed by atoms with Crippen molar-refractivity contribution >= 4 is 23.9 Å². The minimum Gasteiger partial charge on any atom is -0.460 e. The Morgan fingerprint density at radius 2 is 0.950 bits per heavy atom. The van der Waals surface area contributed by atoms with Crippen molar-refractivity contribution in [3.8, 4) is 0 Å². The van der Waals surface area contributed by atoms with Crippen LogP contribution in [0.25, 0.3) is 0 Å². The molecule has 0 saturated heterocycles. The van der Waals surface area contributed by atoms with Crippen LogP contribution in [-0.4, -0.2) is 73.7 Å². The number of esters is 4. The van der Waals surface area contributed by atoms with Gasteiger partial charge in [0.15, 0.2) is 13.2 Å². The second-order valence-corrected chi connectivity index (χ2v) is 3.08. The van der Waals surface area contributed by atoms with Crippen molar-refractivity contribution in [3.05, 3.63) is 0 Å². The van der Waals surface area contributed by atoms with Crippen LogP contribution in [0.3, 0.4) is 0 Å². The first kappa shape index (κ1) is 17.8. The van der Waals surface area contributed by atoms with Crippen LogP contribution in [0, 0.1) is 0 Å². The van der Waals surface area contributed by atoms with E-state index in [1.54, 1.807) is 0 Å². The van der Waals surface area contributed by atoms with Gasteiger partial charge in [-0.25, -0.2) is 19.2 Å². The smallest absolute Gasteiger partial charge is 0.344 e. The van der Waals surface area contributed by atoms with Crippen LogP contribution in [0.4, 0.5) is 0 Å². The molecule has 0 aromatic rings.